The van der Waals surface area contributed by atoms with E-state index in [1.54, 1.807) is 12.1 Å². The number of hydrogen-bond acceptors (Lipinski definition) is 2. The molecule has 0 heterocycles. The van der Waals surface area contributed by atoms with Gasteiger partial charge < -0.3 is 10.5 Å². The first-order valence-corrected chi connectivity index (χ1v) is 5.95. The molecule has 0 amide bonds. The summed E-state index contributed by atoms with van der Waals surface area (Å²) in [4.78, 5) is 0. The Bertz CT molecular complexity index is 439. The summed E-state index contributed by atoms with van der Waals surface area (Å²) in [5, 5.41) is 0.661. The summed E-state index contributed by atoms with van der Waals surface area (Å²) in [5.41, 5.74) is 6.65. The average Bonchev–Trinajstić information content (AvgIpc) is 3.06. The predicted molar refractivity (Wildman–Crippen MR) is 74.3 cm³/mol. The Morgan fingerprint density at radius 3 is 2.83 bits per heavy atom. The zero-order chi connectivity index (χ0) is 12.4. The molecular formula is C13H16Cl2FNO. The highest BCUT2D eigenvalue weighted by Crippen LogP contribution is 2.50. The fraction of sp³-hybridized carbons (Fsp3) is 0.385. The van der Waals surface area contributed by atoms with Gasteiger partial charge in [-0.1, -0.05) is 18.2 Å². The molecule has 0 saturated heterocycles. The first-order valence-electron chi connectivity index (χ1n) is 5.57. The largest absolute Gasteiger partial charge is 0.486 e. The lowest BCUT2D eigenvalue weighted by Crippen LogP contribution is -2.04. The molecule has 1 aliphatic carbocycles. The van der Waals surface area contributed by atoms with Crippen molar-refractivity contribution >= 4 is 24.0 Å². The molecule has 0 aromatic heterocycles. The Labute approximate surface area is 117 Å². The van der Waals surface area contributed by atoms with Crippen molar-refractivity contribution in [3.63, 3.8) is 0 Å². The van der Waals surface area contributed by atoms with E-state index in [0.717, 1.165) is 12.0 Å². The lowest BCUT2D eigenvalue weighted by atomic mass is 10.1. The fourth-order valence-corrected chi connectivity index (χ4v) is 2.17. The number of ether oxygens (including phenoxy) is 1. The van der Waals surface area contributed by atoms with Gasteiger partial charge in [-0.3, -0.25) is 0 Å². The molecule has 2 atom stereocenters. The maximum atomic E-state index is 12.6. The molecule has 1 aromatic carbocycles. The molecule has 1 aliphatic rings. The zero-order valence-corrected chi connectivity index (χ0v) is 11.4. The molecule has 5 heteroatoms. The Balaban J connectivity index is 0.00000162. The summed E-state index contributed by atoms with van der Waals surface area (Å²) in [5.74, 6) is 1.07. The van der Waals surface area contributed by atoms with Gasteiger partial charge in [0.25, 0.3) is 0 Å². The van der Waals surface area contributed by atoms with Crippen molar-refractivity contribution in [2.75, 3.05) is 13.2 Å². The van der Waals surface area contributed by atoms with Crippen LogP contribution in [0.1, 0.15) is 17.9 Å². The minimum atomic E-state index is -0.489. The minimum Gasteiger partial charge on any atom is -0.486 e. The van der Waals surface area contributed by atoms with Crippen LogP contribution in [-0.4, -0.2) is 13.2 Å². The summed E-state index contributed by atoms with van der Waals surface area (Å²) >= 11 is 5.96. The summed E-state index contributed by atoms with van der Waals surface area (Å²) < 4.78 is 18.0. The predicted octanol–water partition coefficient (Wildman–Crippen LogP) is 3.69. The fourth-order valence-electron chi connectivity index (χ4n) is 1.99. The smallest absolute Gasteiger partial charge is 0.139 e. The van der Waals surface area contributed by atoms with E-state index in [1.807, 2.05) is 6.07 Å². The third-order valence-corrected chi connectivity index (χ3v) is 3.22. The van der Waals surface area contributed by atoms with Crippen molar-refractivity contribution in [1.82, 2.24) is 0 Å². The van der Waals surface area contributed by atoms with E-state index in [2.05, 4.69) is 6.58 Å². The van der Waals surface area contributed by atoms with Crippen LogP contribution in [0.15, 0.2) is 30.6 Å². The normalized spacial score (nSPS) is 21.1. The van der Waals surface area contributed by atoms with Crippen LogP contribution in [0.5, 0.6) is 5.75 Å². The SMILES string of the molecule is C=C(F)COc1ccc(Cl)cc1[C@H]1C[C@@H]1CN.Cl. The molecule has 100 valence electrons. The molecule has 2 nitrogen and oxygen atoms in total. The Hall–Kier alpha value is -0.770. The summed E-state index contributed by atoms with van der Waals surface area (Å²) in [7, 11) is 0. The van der Waals surface area contributed by atoms with E-state index >= 15 is 0 Å². The molecule has 1 fully saturated rings. The van der Waals surface area contributed by atoms with E-state index in [-0.39, 0.29) is 19.0 Å². The van der Waals surface area contributed by atoms with Gasteiger partial charge in [-0.25, -0.2) is 4.39 Å². The highest BCUT2D eigenvalue weighted by Gasteiger charge is 2.38. The molecule has 18 heavy (non-hydrogen) atoms. The summed E-state index contributed by atoms with van der Waals surface area (Å²) in [6, 6.07) is 5.38. The van der Waals surface area contributed by atoms with Gasteiger partial charge >= 0.3 is 0 Å². The Kier molecular flexibility index (Phi) is 5.45. The van der Waals surface area contributed by atoms with Gasteiger partial charge in [0.05, 0.1) is 0 Å². The Morgan fingerprint density at radius 2 is 2.28 bits per heavy atom. The van der Waals surface area contributed by atoms with Gasteiger partial charge in [-0.15, -0.1) is 12.4 Å². The molecule has 0 unspecified atom stereocenters. The van der Waals surface area contributed by atoms with Crippen LogP contribution < -0.4 is 10.5 Å². The van der Waals surface area contributed by atoms with Gasteiger partial charge in [0.2, 0.25) is 0 Å². The van der Waals surface area contributed by atoms with E-state index in [9.17, 15) is 4.39 Å². The second-order valence-corrected chi connectivity index (χ2v) is 4.76. The van der Waals surface area contributed by atoms with Crippen LogP contribution >= 0.6 is 24.0 Å². The number of hydrogen-bond donors (Lipinski definition) is 1. The highest BCUT2D eigenvalue weighted by molar-refractivity contribution is 6.30. The third kappa shape index (κ3) is 3.61. The zero-order valence-electron chi connectivity index (χ0n) is 9.86. The van der Waals surface area contributed by atoms with Crippen LogP contribution in [0.2, 0.25) is 5.02 Å². The van der Waals surface area contributed by atoms with Crippen molar-refractivity contribution < 1.29 is 9.13 Å². The van der Waals surface area contributed by atoms with Crippen LogP contribution in [0.3, 0.4) is 0 Å². The highest BCUT2D eigenvalue weighted by atomic mass is 35.5. The standard InChI is InChI=1S/C13H15ClFNO.ClH/c1-8(15)7-17-13-3-2-10(14)5-12(13)11-4-9(11)6-16;/h2-3,5,9,11H,1,4,6-7,16H2;1H/t9-,11+;/m1./s1. The molecule has 1 aromatic rings. The lowest BCUT2D eigenvalue weighted by molar-refractivity contribution is 0.316. The quantitative estimate of drug-likeness (QED) is 0.898. The van der Waals surface area contributed by atoms with Gasteiger partial charge in [0, 0.05) is 5.02 Å². The average molecular weight is 292 g/mol. The van der Waals surface area contributed by atoms with Gasteiger partial charge in [-0.2, -0.15) is 0 Å². The minimum absolute atomic E-state index is 0. The van der Waals surface area contributed by atoms with Crippen LogP contribution in [0.25, 0.3) is 0 Å². The molecule has 0 radical (unpaired) electrons. The molecular weight excluding hydrogens is 276 g/mol. The van der Waals surface area contributed by atoms with E-state index < -0.39 is 5.83 Å². The molecule has 0 spiro atoms. The van der Waals surface area contributed by atoms with Gasteiger partial charge in [-0.05, 0) is 48.6 Å². The maximum absolute atomic E-state index is 12.6. The van der Waals surface area contributed by atoms with E-state index in [4.69, 9.17) is 22.1 Å². The second kappa shape index (κ2) is 6.41. The molecule has 2 rings (SSSR count). The number of benzene rings is 1. The lowest BCUT2D eigenvalue weighted by Gasteiger charge is -2.11. The van der Waals surface area contributed by atoms with Gasteiger partial charge in [0.1, 0.15) is 18.2 Å². The van der Waals surface area contributed by atoms with Crippen molar-refractivity contribution in [3.05, 3.63) is 41.2 Å². The number of halogens is 3. The van der Waals surface area contributed by atoms with E-state index in [0.29, 0.717) is 29.2 Å². The summed E-state index contributed by atoms with van der Waals surface area (Å²) in [6.07, 6.45) is 1.05. The van der Waals surface area contributed by atoms with Gasteiger partial charge in [0.15, 0.2) is 0 Å². The van der Waals surface area contributed by atoms with Crippen molar-refractivity contribution in [2.45, 2.75) is 12.3 Å². The van der Waals surface area contributed by atoms with Crippen molar-refractivity contribution in [3.8, 4) is 5.75 Å². The van der Waals surface area contributed by atoms with Crippen LogP contribution in [0.4, 0.5) is 4.39 Å². The maximum Gasteiger partial charge on any atom is 0.139 e. The summed E-state index contributed by atoms with van der Waals surface area (Å²) in [6.45, 7) is 3.71. The van der Waals surface area contributed by atoms with Crippen LogP contribution in [0, 0.1) is 5.92 Å². The van der Waals surface area contributed by atoms with E-state index in [1.165, 1.54) is 0 Å². The molecule has 0 aliphatic heterocycles. The number of nitrogens with two attached hydrogens (primary N) is 1. The monoisotopic (exact) mass is 291 g/mol. The molecule has 1 saturated carbocycles. The number of rotatable bonds is 5. The second-order valence-electron chi connectivity index (χ2n) is 4.33. The Morgan fingerprint density at radius 1 is 1.56 bits per heavy atom. The molecule has 2 N–H and O–H groups in total. The van der Waals surface area contributed by atoms with Crippen molar-refractivity contribution in [1.29, 1.82) is 0 Å². The third-order valence-electron chi connectivity index (χ3n) is 2.98. The topological polar surface area (TPSA) is 35.2 Å². The van der Waals surface area contributed by atoms with Crippen LogP contribution in [-0.2, 0) is 0 Å². The first kappa shape index (κ1) is 15.3. The first-order chi connectivity index (χ1) is 8.11. The van der Waals surface area contributed by atoms with Crippen molar-refractivity contribution in [2.24, 2.45) is 11.7 Å². The molecule has 0 bridgehead atoms.